The molecule has 0 radical (unpaired) electrons. The van der Waals surface area contributed by atoms with Gasteiger partial charge in [-0.3, -0.25) is 0 Å². The molecule has 0 aliphatic carbocycles. The molecule has 0 spiro atoms. The molecule has 4 nitrogen and oxygen atoms in total. The zero-order valence-electron chi connectivity index (χ0n) is 11.4. The van der Waals surface area contributed by atoms with E-state index in [1.807, 2.05) is 24.3 Å². The van der Waals surface area contributed by atoms with E-state index in [-0.39, 0.29) is 0 Å². The van der Waals surface area contributed by atoms with E-state index < -0.39 is 7.12 Å². The van der Waals surface area contributed by atoms with Crippen molar-refractivity contribution in [2.24, 2.45) is 0 Å². The predicted molar refractivity (Wildman–Crippen MR) is 82.9 cm³/mol. The van der Waals surface area contributed by atoms with Crippen LogP contribution in [0.15, 0.2) is 48.5 Å². The Morgan fingerprint density at radius 2 is 1.81 bits per heavy atom. The van der Waals surface area contributed by atoms with E-state index in [1.54, 1.807) is 24.3 Å². The van der Waals surface area contributed by atoms with Crippen molar-refractivity contribution >= 4 is 24.2 Å². The molecule has 0 aromatic heterocycles. The summed E-state index contributed by atoms with van der Waals surface area (Å²) in [5.74, 6) is 0.576. The molecule has 2 rings (SSSR count). The van der Waals surface area contributed by atoms with E-state index in [0.717, 1.165) is 5.56 Å². The predicted octanol–water partition coefficient (Wildman–Crippen LogP) is 1.62. The fourth-order valence-electron chi connectivity index (χ4n) is 1.80. The number of halogens is 1. The maximum Gasteiger partial charge on any atom is 0.488 e. The summed E-state index contributed by atoms with van der Waals surface area (Å²) in [7, 11) is -1.49. The molecule has 6 heteroatoms. The molecule has 0 heterocycles. The Hall–Kier alpha value is -1.53. The number of hydrogen-bond donors (Lipinski definition) is 2. The van der Waals surface area contributed by atoms with Gasteiger partial charge in [-0.05, 0) is 35.3 Å². The van der Waals surface area contributed by atoms with E-state index in [2.05, 4.69) is 0 Å². The third-order valence-corrected chi connectivity index (χ3v) is 3.05. The highest BCUT2D eigenvalue weighted by Gasteiger charge is 2.10. The minimum Gasteiger partial charge on any atom is -0.491 e. The first-order valence-corrected chi connectivity index (χ1v) is 6.94. The third kappa shape index (κ3) is 5.40. The quantitative estimate of drug-likeness (QED) is 0.603. The molecule has 110 valence electrons. The molecule has 0 saturated carbocycles. The molecular weight excluding hydrogens is 290 g/mol. The molecule has 2 aromatic carbocycles. The molecule has 0 unspecified atom stereocenters. The van der Waals surface area contributed by atoms with Crippen LogP contribution >= 0.6 is 11.6 Å². The zero-order chi connectivity index (χ0) is 15.1. The Morgan fingerprint density at radius 3 is 2.57 bits per heavy atom. The van der Waals surface area contributed by atoms with Gasteiger partial charge in [0.05, 0.1) is 13.2 Å². The van der Waals surface area contributed by atoms with Gasteiger partial charge < -0.3 is 19.5 Å². The number of ether oxygens (including phenoxy) is 2. The Morgan fingerprint density at radius 1 is 1.00 bits per heavy atom. The third-order valence-electron chi connectivity index (χ3n) is 2.81. The molecule has 0 saturated heterocycles. The zero-order valence-corrected chi connectivity index (χ0v) is 12.2. The van der Waals surface area contributed by atoms with E-state index in [0.29, 0.717) is 36.1 Å². The standard InChI is InChI=1S/C15H16BClO4/c17-14-5-1-3-12(9-14)11-20-7-8-21-15-6-2-4-13(10-15)16(18)19/h1-6,9-10,18-19H,7-8,11H2. The van der Waals surface area contributed by atoms with Gasteiger partial charge in [0.15, 0.2) is 0 Å². The lowest BCUT2D eigenvalue weighted by Gasteiger charge is -2.08. The Labute approximate surface area is 129 Å². The summed E-state index contributed by atoms with van der Waals surface area (Å²) < 4.78 is 11.0. The fourth-order valence-corrected chi connectivity index (χ4v) is 2.01. The highest BCUT2D eigenvalue weighted by Crippen LogP contribution is 2.11. The number of hydrogen-bond acceptors (Lipinski definition) is 4. The summed E-state index contributed by atoms with van der Waals surface area (Å²) in [5, 5.41) is 18.8. The molecular formula is C15H16BClO4. The fraction of sp³-hybridized carbons (Fsp3) is 0.200. The topological polar surface area (TPSA) is 58.9 Å². The van der Waals surface area contributed by atoms with Crippen molar-refractivity contribution in [2.45, 2.75) is 6.61 Å². The molecule has 0 aliphatic heterocycles. The van der Waals surface area contributed by atoms with Crippen molar-refractivity contribution in [1.29, 1.82) is 0 Å². The van der Waals surface area contributed by atoms with Crippen molar-refractivity contribution in [1.82, 2.24) is 0 Å². The normalized spacial score (nSPS) is 10.4. The maximum absolute atomic E-state index is 9.07. The minimum atomic E-state index is -1.49. The monoisotopic (exact) mass is 306 g/mol. The van der Waals surface area contributed by atoms with Crippen molar-refractivity contribution in [3.05, 3.63) is 59.1 Å². The van der Waals surface area contributed by atoms with Gasteiger partial charge in [-0.25, -0.2) is 0 Å². The molecule has 0 bridgehead atoms. The van der Waals surface area contributed by atoms with Crippen LogP contribution in [-0.4, -0.2) is 30.4 Å². The van der Waals surface area contributed by atoms with Crippen LogP contribution in [0.3, 0.4) is 0 Å². The van der Waals surface area contributed by atoms with Gasteiger partial charge in [-0.15, -0.1) is 0 Å². The van der Waals surface area contributed by atoms with Gasteiger partial charge >= 0.3 is 7.12 Å². The van der Waals surface area contributed by atoms with Crippen LogP contribution in [0.5, 0.6) is 5.75 Å². The molecule has 0 amide bonds. The molecule has 0 fully saturated rings. The molecule has 21 heavy (non-hydrogen) atoms. The number of rotatable bonds is 7. The summed E-state index contributed by atoms with van der Waals surface area (Å²) in [6.45, 7) is 1.28. The van der Waals surface area contributed by atoms with Crippen LogP contribution in [0.1, 0.15) is 5.56 Å². The lowest BCUT2D eigenvalue weighted by atomic mass is 9.80. The van der Waals surface area contributed by atoms with Gasteiger partial charge in [0, 0.05) is 5.02 Å². The lowest BCUT2D eigenvalue weighted by Crippen LogP contribution is -2.29. The van der Waals surface area contributed by atoms with E-state index in [9.17, 15) is 0 Å². The van der Waals surface area contributed by atoms with Gasteiger partial charge in [0.2, 0.25) is 0 Å². The first kappa shape index (κ1) is 15.9. The largest absolute Gasteiger partial charge is 0.491 e. The van der Waals surface area contributed by atoms with E-state index in [4.69, 9.17) is 31.1 Å². The number of benzene rings is 2. The van der Waals surface area contributed by atoms with Crippen molar-refractivity contribution < 1.29 is 19.5 Å². The summed E-state index contributed by atoms with van der Waals surface area (Å²) >= 11 is 5.88. The van der Waals surface area contributed by atoms with Crippen LogP contribution in [0.2, 0.25) is 5.02 Å². The summed E-state index contributed by atoms with van der Waals surface area (Å²) in [5.41, 5.74) is 1.40. The van der Waals surface area contributed by atoms with Crippen LogP contribution in [-0.2, 0) is 11.3 Å². The van der Waals surface area contributed by atoms with Crippen molar-refractivity contribution in [2.75, 3.05) is 13.2 Å². The highest BCUT2D eigenvalue weighted by atomic mass is 35.5. The molecule has 0 aliphatic rings. The first-order chi connectivity index (χ1) is 10.1. The second-order valence-electron chi connectivity index (χ2n) is 4.48. The smallest absolute Gasteiger partial charge is 0.488 e. The van der Waals surface area contributed by atoms with Crippen molar-refractivity contribution in [3.8, 4) is 5.75 Å². The van der Waals surface area contributed by atoms with Gasteiger partial charge in [-0.2, -0.15) is 0 Å². The summed E-state index contributed by atoms with van der Waals surface area (Å²) in [6, 6.07) is 14.2. The van der Waals surface area contributed by atoms with Gasteiger partial charge in [-0.1, -0.05) is 35.9 Å². The van der Waals surface area contributed by atoms with Crippen LogP contribution in [0.25, 0.3) is 0 Å². The molecule has 2 aromatic rings. The second-order valence-corrected chi connectivity index (χ2v) is 4.91. The van der Waals surface area contributed by atoms with Crippen LogP contribution in [0.4, 0.5) is 0 Å². The first-order valence-electron chi connectivity index (χ1n) is 6.56. The highest BCUT2D eigenvalue weighted by molar-refractivity contribution is 6.58. The van der Waals surface area contributed by atoms with Gasteiger partial charge in [0.1, 0.15) is 12.4 Å². The summed E-state index contributed by atoms with van der Waals surface area (Å²) in [4.78, 5) is 0. The molecule has 0 atom stereocenters. The van der Waals surface area contributed by atoms with Crippen LogP contribution in [0, 0.1) is 0 Å². The summed E-state index contributed by atoms with van der Waals surface area (Å²) in [6.07, 6.45) is 0. The average molecular weight is 307 g/mol. The molecule has 2 N–H and O–H groups in total. The minimum absolute atomic E-state index is 0.380. The Bertz CT molecular complexity index is 577. The Balaban J connectivity index is 1.71. The SMILES string of the molecule is OB(O)c1cccc(OCCOCc2cccc(Cl)c2)c1. The lowest BCUT2D eigenvalue weighted by molar-refractivity contribution is 0.0889. The van der Waals surface area contributed by atoms with Crippen LogP contribution < -0.4 is 10.2 Å². The van der Waals surface area contributed by atoms with E-state index >= 15 is 0 Å². The maximum atomic E-state index is 9.07. The van der Waals surface area contributed by atoms with Gasteiger partial charge in [0.25, 0.3) is 0 Å². The van der Waals surface area contributed by atoms with Crippen molar-refractivity contribution in [3.63, 3.8) is 0 Å². The second kappa shape index (κ2) is 8.05. The average Bonchev–Trinajstić information content (AvgIpc) is 2.47. The van der Waals surface area contributed by atoms with E-state index in [1.165, 1.54) is 0 Å². The Kier molecular flexibility index (Phi) is 6.08.